The first-order chi connectivity index (χ1) is 3.41. The predicted octanol–water partition coefficient (Wildman–Crippen LogP) is -0.784. The van der Waals surface area contributed by atoms with Crippen molar-refractivity contribution in [1.82, 2.24) is 10.6 Å². The van der Waals surface area contributed by atoms with Crippen LogP contribution in [-0.2, 0) is 0 Å². The maximum absolute atomic E-state index is 8.10. The van der Waals surface area contributed by atoms with E-state index < -0.39 is 0 Å². The minimum Gasteiger partial charge on any atom is -0.393 e. The molecule has 0 saturated carbocycles. The first-order valence-corrected chi connectivity index (χ1v) is 2.08. The van der Waals surface area contributed by atoms with Gasteiger partial charge in [-0.25, -0.2) is 0 Å². The number of hydrogen-bond donors (Lipinski definition) is 3. The fourth-order valence-electron chi connectivity index (χ4n) is 0.195. The molecule has 3 N–H and O–H groups in total. The van der Waals surface area contributed by atoms with Gasteiger partial charge in [-0.15, -0.1) is 0 Å². The molecule has 0 aliphatic heterocycles. The van der Waals surface area contributed by atoms with E-state index in [0.29, 0.717) is 0 Å². The molecule has 0 atom stereocenters. The van der Waals surface area contributed by atoms with Crippen molar-refractivity contribution in [2.24, 2.45) is 0 Å². The van der Waals surface area contributed by atoms with Crippen LogP contribution in [0.4, 0.5) is 0 Å². The highest BCUT2D eigenvalue weighted by Crippen LogP contribution is 1.53. The van der Waals surface area contributed by atoms with Gasteiger partial charge < -0.3 is 15.7 Å². The largest absolute Gasteiger partial charge is 0.393 e. The van der Waals surface area contributed by atoms with E-state index in [9.17, 15) is 0 Å². The van der Waals surface area contributed by atoms with Crippen molar-refractivity contribution in [3.8, 4) is 0 Å². The summed E-state index contributed by atoms with van der Waals surface area (Å²) < 4.78 is 0. The second-order valence-electron chi connectivity index (χ2n) is 0.984. The van der Waals surface area contributed by atoms with Gasteiger partial charge in [-0.3, -0.25) is 0 Å². The van der Waals surface area contributed by atoms with E-state index in [1.807, 2.05) is 0 Å². The van der Waals surface area contributed by atoms with E-state index in [-0.39, 0.29) is 6.73 Å². The average molecular weight is 102 g/mol. The van der Waals surface area contributed by atoms with Gasteiger partial charge in [0.2, 0.25) is 0 Å². The third-order valence-corrected chi connectivity index (χ3v) is 0.459. The molecule has 42 valence electrons. The predicted molar refractivity (Wildman–Crippen MR) is 28.4 cm³/mol. The second-order valence-corrected chi connectivity index (χ2v) is 0.984. The summed E-state index contributed by atoms with van der Waals surface area (Å²) >= 11 is 0. The zero-order chi connectivity index (χ0) is 5.54. The standard InChI is InChI=1S/C4H10N2O/c1-5-2-3-6-4-7/h2-3,5-7H,4H2,1H3/b3-2+. The third-order valence-electron chi connectivity index (χ3n) is 0.459. The summed E-state index contributed by atoms with van der Waals surface area (Å²) in [6.45, 7) is -0.0157. The molecule has 0 bridgehead atoms. The number of nitrogens with one attached hydrogen (secondary N) is 2. The lowest BCUT2D eigenvalue weighted by atomic mass is 10.9. The maximum Gasteiger partial charge on any atom is 0.112 e. The number of hydrogen-bond acceptors (Lipinski definition) is 3. The smallest absolute Gasteiger partial charge is 0.112 e. The lowest BCUT2D eigenvalue weighted by Gasteiger charge is -1.88. The molecule has 0 spiro atoms. The molecule has 7 heavy (non-hydrogen) atoms. The second kappa shape index (κ2) is 5.30. The van der Waals surface area contributed by atoms with Crippen LogP contribution in [0.5, 0.6) is 0 Å². The Morgan fingerprint density at radius 1 is 1.57 bits per heavy atom. The Bertz CT molecular complexity index is 53.7. The van der Waals surface area contributed by atoms with Crippen LogP contribution < -0.4 is 10.6 Å². The van der Waals surface area contributed by atoms with E-state index in [4.69, 9.17) is 5.11 Å². The highest BCUT2D eigenvalue weighted by molar-refractivity contribution is 4.72. The zero-order valence-electron chi connectivity index (χ0n) is 4.31. The Labute approximate surface area is 43.0 Å². The lowest BCUT2D eigenvalue weighted by Crippen LogP contribution is -2.06. The first-order valence-electron chi connectivity index (χ1n) is 2.08. The molecule has 0 aliphatic carbocycles. The minimum absolute atomic E-state index is 0.0157. The first kappa shape index (κ1) is 6.30. The van der Waals surface area contributed by atoms with Crippen LogP contribution in [0.25, 0.3) is 0 Å². The fourth-order valence-corrected chi connectivity index (χ4v) is 0.195. The molecule has 0 aromatic rings. The van der Waals surface area contributed by atoms with Crippen LogP contribution in [0.2, 0.25) is 0 Å². The topological polar surface area (TPSA) is 44.3 Å². The number of rotatable bonds is 3. The molecule has 0 aromatic carbocycles. The van der Waals surface area contributed by atoms with Gasteiger partial charge in [0.15, 0.2) is 0 Å². The zero-order valence-corrected chi connectivity index (χ0v) is 4.31. The fraction of sp³-hybridized carbons (Fsp3) is 0.500. The molecule has 3 nitrogen and oxygen atoms in total. The summed E-state index contributed by atoms with van der Waals surface area (Å²) in [6, 6.07) is 0. The van der Waals surface area contributed by atoms with Crippen molar-refractivity contribution < 1.29 is 5.11 Å². The Hall–Kier alpha value is -0.700. The van der Waals surface area contributed by atoms with Gasteiger partial charge in [0.25, 0.3) is 0 Å². The van der Waals surface area contributed by atoms with Crippen molar-refractivity contribution in [1.29, 1.82) is 0 Å². The molecule has 0 aromatic heterocycles. The van der Waals surface area contributed by atoms with E-state index in [0.717, 1.165) is 0 Å². The molecule has 0 aliphatic rings. The van der Waals surface area contributed by atoms with E-state index in [1.165, 1.54) is 0 Å². The molecule has 0 fully saturated rings. The van der Waals surface area contributed by atoms with Crippen LogP contribution in [0.3, 0.4) is 0 Å². The molecule has 0 radical (unpaired) electrons. The molecular weight excluding hydrogens is 92.1 g/mol. The molecule has 0 rings (SSSR count). The normalized spacial score (nSPS) is 9.43. The van der Waals surface area contributed by atoms with Gasteiger partial charge in [0.05, 0.1) is 0 Å². The Morgan fingerprint density at radius 2 is 2.29 bits per heavy atom. The van der Waals surface area contributed by atoms with Crippen LogP contribution >= 0.6 is 0 Å². The van der Waals surface area contributed by atoms with Crippen molar-refractivity contribution in [3.63, 3.8) is 0 Å². The van der Waals surface area contributed by atoms with Crippen LogP contribution in [0, 0.1) is 0 Å². The molecule has 3 heteroatoms. The summed E-state index contributed by atoms with van der Waals surface area (Å²) in [7, 11) is 1.79. The third kappa shape index (κ3) is 5.30. The van der Waals surface area contributed by atoms with Gasteiger partial charge in [0.1, 0.15) is 6.73 Å². The average Bonchev–Trinajstić information content (AvgIpc) is 1.69. The molecule has 0 heterocycles. The quantitative estimate of drug-likeness (QED) is 0.409. The molecule has 0 saturated heterocycles. The van der Waals surface area contributed by atoms with Gasteiger partial charge in [-0.05, 0) is 0 Å². The van der Waals surface area contributed by atoms with E-state index >= 15 is 0 Å². The van der Waals surface area contributed by atoms with Crippen molar-refractivity contribution in [3.05, 3.63) is 12.4 Å². The number of aliphatic hydroxyl groups excluding tert-OH is 1. The van der Waals surface area contributed by atoms with Crippen LogP contribution in [0.1, 0.15) is 0 Å². The highest BCUT2D eigenvalue weighted by Gasteiger charge is 1.61. The Morgan fingerprint density at radius 3 is 2.71 bits per heavy atom. The SMILES string of the molecule is CN/C=C/NCO. The van der Waals surface area contributed by atoms with Gasteiger partial charge in [-0.2, -0.15) is 0 Å². The van der Waals surface area contributed by atoms with Crippen LogP contribution in [-0.4, -0.2) is 18.9 Å². The summed E-state index contributed by atoms with van der Waals surface area (Å²) in [5.41, 5.74) is 0. The van der Waals surface area contributed by atoms with E-state index in [2.05, 4.69) is 10.6 Å². The van der Waals surface area contributed by atoms with Gasteiger partial charge >= 0.3 is 0 Å². The summed E-state index contributed by atoms with van der Waals surface area (Å²) in [4.78, 5) is 0. The van der Waals surface area contributed by atoms with Crippen molar-refractivity contribution in [2.75, 3.05) is 13.8 Å². The minimum atomic E-state index is -0.0157. The molecule has 0 amide bonds. The number of aliphatic hydroxyl groups is 1. The summed E-state index contributed by atoms with van der Waals surface area (Å²) in [5, 5.41) is 13.4. The summed E-state index contributed by atoms with van der Waals surface area (Å²) in [6.07, 6.45) is 3.32. The monoisotopic (exact) mass is 102 g/mol. The maximum atomic E-state index is 8.10. The van der Waals surface area contributed by atoms with E-state index in [1.54, 1.807) is 19.4 Å². The molecular formula is C4H10N2O. The van der Waals surface area contributed by atoms with Crippen molar-refractivity contribution in [2.45, 2.75) is 0 Å². The van der Waals surface area contributed by atoms with Crippen LogP contribution in [0.15, 0.2) is 12.4 Å². The highest BCUT2D eigenvalue weighted by atomic mass is 16.3. The summed E-state index contributed by atoms with van der Waals surface area (Å²) in [5.74, 6) is 0. The Kier molecular flexibility index (Phi) is 4.77. The Balaban J connectivity index is 2.78. The van der Waals surface area contributed by atoms with Gasteiger partial charge in [0, 0.05) is 19.4 Å². The molecule has 0 unspecified atom stereocenters. The van der Waals surface area contributed by atoms with Crippen molar-refractivity contribution >= 4 is 0 Å². The lowest BCUT2D eigenvalue weighted by molar-refractivity contribution is 0.279. The van der Waals surface area contributed by atoms with Gasteiger partial charge in [-0.1, -0.05) is 0 Å².